The molecule has 0 fully saturated rings. The maximum Gasteiger partial charge on any atom is 0.347 e. The third kappa shape index (κ3) is 4.04. The minimum Gasteiger partial charge on any atom is -0.478 e. The van der Waals surface area contributed by atoms with Gasteiger partial charge in [-0.05, 0) is 38.0 Å². The molecule has 0 radical (unpaired) electrons. The molecule has 1 rings (SSSR count). The number of hydrogen-bond acceptors (Lipinski definition) is 3. The summed E-state index contributed by atoms with van der Waals surface area (Å²) in [6.07, 6.45) is 0.0491. The molecule has 1 unspecified atom stereocenters. The molecule has 3 nitrogen and oxygen atoms in total. The van der Waals surface area contributed by atoms with E-state index in [0.29, 0.717) is 18.8 Å². The number of benzene rings is 1. The van der Waals surface area contributed by atoms with Gasteiger partial charge in [0.1, 0.15) is 5.75 Å². The summed E-state index contributed by atoms with van der Waals surface area (Å²) in [5.41, 5.74) is 0.996. The van der Waals surface area contributed by atoms with Crippen molar-refractivity contribution in [1.82, 2.24) is 0 Å². The van der Waals surface area contributed by atoms with Crippen LogP contribution in [0, 0.1) is 6.92 Å². The summed E-state index contributed by atoms with van der Waals surface area (Å²) in [6.45, 7) is 6.00. The summed E-state index contributed by atoms with van der Waals surface area (Å²) >= 11 is 3.38. The Balaban J connectivity index is 2.80. The lowest BCUT2D eigenvalue weighted by Gasteiger charge is -2.17. The quantitative estimate of drug-likeness (QED) is 0.781. The number of rotatable bonds is 5. The topological polar surface area (TPSA) is 35.5 Å². The number of ether oxygens (including phenoxy) is 2. The molecule has 0 heterocycles. The van der Waals surface area contributed by atoms with E-state index in [1.165, 1.54) is 0 Å². The fraction of sp³-hybridized carbons (Fsp3) is 0.462. The molecule has 1 aromatic rings. The second-order valence-corrected chi connectivity index (χ2v) is 4.59. The smallest absolute Gasteiger partial charge is 0.347 e. The average Bonchev–Trinajstić information content (AvgIpc) is 2.30. The lowest BCUT2D eigenvalue weighted by atomic mass is 10.2. The molecule has 1 atom stereocenters. The molecule has 0 spiro atoms. The van der Waals surface area contributed by atoms with Crippen molar-refractivity contribution in [2.24, 2.45) is 0 Å². The Hall–Kier alpha value is -1.03. The molecule has 17 heavy (non-hydrogen) atoms. The van der Waals surface area contributed by atoms with Gasteiger partial charge in [-0.1, -0.05) is 28.9 Å². The zero-order chi connectivity index (χ0) is 12.8. The van der Waals surface area contributed by atoms with E-state index in [1.54, 1.807) is 6.92 Å². The number of esters is 1. The second-order valence-electron chi connectivity index (χ2n) is 3.68. The van der Waals surface area contributed by atoms with Gasteiger partial charge < -0.3 is 9.47 Å². The van der Waals surface area contributed by atoms with Gasteiger partial charge in [-0.25, -0.2) is 4.79 Å². The highest BCUT2D eigenvalue weighted by molar-refractivity contribution is 9.10. The highest BCUT2D eigenvalue weighted by Gasteiger charge is 2.20. The van der Waals surface area contributed by atoms with Crippen molar-refractivity contribution in [2.75, 3.05) is 6.61 Å². The van der Waals surface area contributed by atoms with E-state index in [-0.39, 0.29) is 5.97 Å². The average molecular weight is 301 g/mol. The van der Waals surface area contributed by atoms with Gasteiger partial charge in [0, 0.05) is 4.47 Å². The van der Waals surface area contributed by atoms with E-state index < -0.39 is 6.10 Å². The molecule has 0 bridgehead atoms. The lowest BCUT2D eigenvalue weighted by Crippen LogP contribution is -2.28. The third-order valence-corrected chi connectivity index (χ3v) is 2.83. The summed E-state index contributed by atoms with van der Waals surface area (Å²) in [5.74, 6) is 0.397. The van der Waals surface area contributed by atoms with Crippen molar-refractivity contribution < 1.29 is 14.3 Å². The first-order valence-corrected chi connectivity index (χ1v) is 6.47. The first kappa shape index (κ1) is 14.0. The largest absolute Gasteiger partial charge is 0.478 e. The Kier molecular flexibility index (Phi) is 5.48. The first-order valence-electron chi connectivity index (χ1n) is 5.67. The molecule has 0 saturated carbocycles. The Morgan fingerprint density at radius 2 is 2.12 bits per heavy atom. The maximum atomic E-state index is 11.6. The van der Waals surface area contributed by atoms with Crippen LogP contribution in [0.15, 0.2) is 22.7 Å². The second kappa shape index (κ2) is 6.64. The van der Waals surface area contributed by atoms with Gasteiger partial charge >= 0.3 is 5.97 Å². The van der Waals surface area contributed by atoms with Crippen molar-refractivity contribution in [2.45, 2.75) is 33.3 Å². The van der Waals surface area contributed by atoms with Gasteiger partial charge in [0.25, 0.3) is 0 Å². The SMILES string of the molecule is CCOC(=O)C(CC)Oc1cc(Br)ccc1C. The van der Waals surface area contributed by atoms with Gasteiger partial charge in [-0.15, -0.1) is 0 Å². The molecule has 0 N–H and O–H groups in total. The molecular weight excluding hydrogens is 284 g/mol. The molecular formula is C13H17BrO3. The highest BCUT2D eigenvalue weighted by atomic mass is 79.9. The van der Waals surface area contributed by atoms with E-state index in [0.717, 1.165) is 10.0 Å². The minimum atomic E-state index is -0.539. The predicted octanol–water partition coefficient (Wildman–Crippen LogP) is 3.48. The molecule has 0 saturated heterocycles. The van der Waals surface area contributed by atoms with Crippen LogP contribution in [0.1, 0.15) is 25.8 Å². The van der Waals surface area contributed by atoms with Gasteiger partial charge in [0.05, 0.1) is 6.61 Å². The Labute approximate surface area is 110 Å². The molecule has 0 aliphatic carbocycles. The van der Waals surface area contributed by atoms with Crippen LogP contribution in [0.5, 0.6) is 5.75 Å². The predicted molar refractivity (Wildman–Crippen MR) is 70.2 cm³/mol. The molecule has 0 aromatic heterocycles. The maximum absolute atomic E-state index is 11.6. The van der Waals surface area contributed by atoms with E-state index in [4.69, 9.17) is 9.47 Å². The number of halogens is 1. The summed E-state index contributed by atoms with van der Waals surface area (Å²) in [4.78, 5) is 11.6. The first-order chi connectivity index (χ1) is 8.08. The van der Waals surface area contributed by atoms with Crippen molar-refractivity contribution in [3.8, 4) is 5.75 Å². The zero-order valence-electron chi connectivity index (χ0n) is 10.3. The molecule has 4 heteroatoms. The Bertz CT molecular complexity index is 390. The van der Waals surface area contributed by atoms with Crippen LogP contribution in [0.3, 0.4) is 0 Å². The molecule has 94 valence electrons. The van der Waals surface area contributed by atoms with Crippen molar-refractivity contribution >= 4 is 21.9 Å². The molecule has 0 aliphatic rings. The number of carbonyl (C=O) groups excluding carboxylic acids is 1. The van der Waals surface area contributed by atoms with Crippen molar-refractivity contribution in [1.29, 1.82) is 0 Å². The van der Waals surface area contributed by atoms with E-state index in [1.807, 2.05) is 32.0 Å². The number of carbonyl (C=O) groups is 1. The summed E-state index contributed by atoms with van der Waals surface area (Å²) in [7, 11) is 0. The van der Waals surface area contributed by atoms with Crippen LogP contribution in [0.2, 0.25) is 0 Å². The van der Waals surface area contributed by atoms with Crippen LogP contribution in [0.4, 0.5) is 0 Å². The third-order valence-electron chi connectivity index (χ3n) is 2.34. The van der Waals surface area contributed by atoms with Crippen LogP contribution >= 0.6 is 15.9 Å². The number of hydrogen-bond donors (Lipinski definition) is 0. The number of aryl methyl sites for hydroxylation is 1. The molecule has 0 aliphatic heterocycles. The highest BCUT2D eigenvalue weighted by Crippen LogP contribution is 2.24. The van der Waals surface area contributed by atoms with Crippen LogP contribution in [-0.2, 0) is 9.53 Å². The fourth-order valence-corrected chi connectivity index (χ4v) is 1.73. The summed E-state index contributed by atoms with van der Waals surface area (Å²) in [6, 6.07) is 5.74. The standard InChI is InChI=1S/C13H17BrO3/c1-4-11(13(15)16-5-2)17-12-8-10(14)7-6-9(12)3/h6-8,11H,4-5H2,1-3H3. The fourth-order valence-electron chi connectivity index (χ4n) is 1.39. The van der Waals surface area contributed by atoms with Crippen LogP contribution in [0.25, 0.3) is 0 Å². The van der Waals surface area contributed by atoms with Crippen LogP contribution < -0.4 is 4.74 Å². The normalized spacial score (nSPS) is 12.0. The Morgan fingerprint density at radius 1 is 1.41 bits per heavy atom. The minimum absolute atomic E-state index is 0.311. The zero-order valence-corrected chi connectivity index (χ0v) is 11.9. The monoisotopic (exact) mass is 300 g/mol. The van der Waals surface area contributed by atoms with Crippen molar-refractivity contribution in [3.05, 3.63) is 28.2 Å². The summed E-state index contributed by atoms with van der Waals surface area (Å²) < 4.78 is 11.6. The van der Waals surface area contributed by atoms with Crippen LogP contribution in [-0.4, -0.2) is 18.7 Å². The molecule has 0 amide bonds. The van der Waals surface area contributed by atoms with Gasteiger partial charge in [-0.3, -0.25) is 0 Å². The van der Waals surface area contributed by atoms with E-state index in [9.17, 15) is 4.79 Å². The van der Waals surface area contributed by atoms with Gasteiger partial charge in [0.15, 0.2) is 6.10 Å². The Morgan fingerprint density at radius 3 is 2.71 bits per heavy atom. The van der Waals surface area contributed by atoms with Gasteiger partial charge in [0.2, 0.25) is 0 Å². The summed E-state index contributed by atoms with van der Waals surface area (Å²) in [5, 5.41) is 0. The molecule has 1 aromatic carbocycles. The van der Waals surface area contributed by atoms with Crippen molar-refractivity contribution in [3.63, 3.8) is 0 Å². The van der Waals surface area contributed by atoms with E-state index >= 15 is 0 Å². The van der Waals surface area contributed by atoms with Gasteiger partial charge in [-0.2, -0.15) is 0 Å². The van der Waals surface area contributed by atoms with E-state index in [2.05, 4.69) is 15.9 Å². The lowest BCUT2D eigenvalue weighted by molar-refractivity contribution is -0.151.